The number of imidazole rings is 1. The Balaban J connectivity index is 0.787. The molecule has 1 aromatic carbocycles. The lowest BCUT2D eigenvalue weighted by molar-refractivity contribution is -0.141. The van der Waals surface area contributed by atoms with Crippen LogP contribution in [0.4, 0.5) is 19.0 Å². The van der Waals surface area contributed by atoms with Crippen molar-refractivity contribution in [2.75, 3.05) is 31.6 Å². The molecule has 3 aliphatic heterocycles. The summed E-state index contributed by atoms with van der Waals surface area (Å²) < 4.78 is 50.8. The van der Waals surface area contributed by atoms with Crippen LogP contribution in [0.5, 0.6) is 0 Å². The molecule has 0 radical (unpaired) electrons. The number of rotatable bonds is 7. The average molecular weight is 772 g/mol. The largest absolute Gasteiger partial charge is 0.433 e. The fourth-order valence-electron chi connectivity index (χ4n) is 9.25. The van der Waals surface area contributed by atoms with Crippen LogP contribution in [0, 0.1) is 5.92 Å². The van der Waals surface area contributed by atoms with Crippen LogP contribution in [-0.4, -0.2) is 83.3 Å². The Morgan fingerprint density at radius 3 is 2.61 bits per heavy atom. The van der Waals surface area contributed by atoms with E-state index in [-0.39, 0.29) is 47.1 Å². The van der Waals surface area contributed by atoms with Crippen LogP contribution in [0.15, 0.2) is 59.7 Å². The van der Waals surface area contributed by atoms with Gasteiger partial charge in [0.05, 0.1) is 35.5 Å². The number of carbonyl (C=O) groups is 3. The molecule has 14 nitrogen and oxygen atoms in total. The Bertz CT molecular complexity index is 2440. The highest BCUT2D eigenvalue weighted by molar-refractivity contribution is 6.03. The lowest BCUT2D eigenvalue weighted by Crippen LogP contribution is -2.62. The topological polar surface area (TPSA) is 158 Å². The average Bonchev–Trinajstić information content (AvgIpc) is 3.86. The molecule has 1 spiro atoms. The molecule has 56 heavy (non-hydrogen) atoms. The van der Waals surface area contributed by atoms with Gasteiger partial charge in [-0.15, -0.1) is 0 Å². The number of para-hydroxylation sites is 1. The number of fused-ring (bicyclic) bond motifs is 2. The number of ether oxygens (including phenoxy) is 1. The number of nitrogens with zero attached hydrogens (tertiary/aromatic N) is 7. The molecular weight excluding hydrogens is 731 g/mol. The SMILES string of the molecule is Cn1c(=O)n(C2CCC(=O)NC2=O)c2cccc(C3COC4(C3)CN(C[C@H]3CC[C@H](n5cc6cc(NC(=O)c7cccc(C(F)(F)F)n7)ncc6n5)CC3)C4)c21. The zero-order chi connectivity index (χ0) is 38.9. The number of alkyl halides is 3. The van der Waals surface area contributed by atoms with E-state index in [1.165, 1.54) is 10.6 Å². The Morgan fingerprint density at radius 1 is 1.05 bits per heavy atom. The highest BCUT2D eigenvalue weighted by Gasteiger charge is 2.50. The number of piperidine rings is 1. The smallest absolute Gasteiger partial charge is 0.372 e. The summed E-state index contributed by atoms with van der Waals surface area (Å²) in [5.74, 6) is -0.693. The molecule has 1 saturated carbocycles. The van der Waals surface area contributed by atoms with Gasteiger partial charge in [0.25, 0.3) is 5.91 Å². The van der Waals surface area contributed by atoms with Gasteiger partial charge in [-0.25, -0.2) is 14.8 Å². The van der Waals surface area contributed by atoms with Crippen molar-refractivity contribution in [3.63, 3.8) is 0 Å². The molecule has 4 aliphatic rings. The number of anilines is 1. The van der Waals surface area contributed by atoms with E-state index in [1.54, 1.807) is 23.9 Å². The minimum Gasteiger partial charge on any atom is -0.372 e. The van der Waals surface area contributed by atoms with E-state index >= 15 is 0 Å². The van der Waals surface area contributed by atoms with Crippen LogP contribution >= 0.6 is 0 Å². The Kier molecular flexibility index (Phi) is 8.83. The van der Waals surface area contributed by atoms with Crippen molar-refractivity contribution in [2.24, 2.45) is 13.0 Å². The van der Waals surface area contributed by atoms with Crippen molar-refractivity contribution in [3.05, 3.63) is 82.3 Å². The van der Waals surface area contributed by atoms with E-state index in [1.807, 2.05) is 23.0 Å². The molecule has 7 heterocycles. The third-order valence-corrected chi connectivity index (χ3v) is 12.0. The number of aromatic nitrogens is 6. The summed E-state index contributed by atoms with van der Waals surface area (Å²) >= 11 is 0. The second-order valence-corrected chi connectivity index (χ2v) is 15.7. The van der Waals surface area contributed by atoms with E-state index in [0.717, 1.165) is 80.3 Å². The zero-order valence-electron chi connectivity index (χ0n) is 30.6. The zero-order valence-corrected chi connectivity index (χ0v) is 30.6. The number of halogens is 3. The fraction of sp³-hybridized carbons (Fsp3) is 0.462. The van der Waals surface area contributed by atoms with Crippen molar-refractivity contribution >= 4 is 45.5 Å². The number of pyridine rings is 2. The number of amides is 3. The van der Waals surface area contributed by atoms with E-state index in [2.05, 4.69) is 31.6 Å². The molecule has 3 saturated heterocycles. The summed E-state index contributed by atoms with van der Waals surface area (Å²) in [6.45, 7) is 3.27. The Hall–Kier alpha value is -5.42. The minimum atomic E-state index is -4.66. The van der Waals surface area contributed by atoms with Gasteiger partial charge in [-0.2, -0.15) is 18.3 Å². The summed E-state index contributed by atoms with van der Waals surface area (Å²) in [6.07, 6.45) is 4.19. The summed E-state index contributed by atoms with van der Waals surface area (Å²) in [6, 6.07) is 10.2. The maximum absolute atomic E-state index is 13.4. The van der Waals surface area contributed by atoms with Crippen molar-refractivity contribution < 1.29 is 32.3 Å². The summed E-state index contributed by atoms with van der Waals surface area (Å²) in [5.41, 5.74) is 1.21. The summed E-state index contributed by atoms with van der Waals surface area (Å²) in [4.78, 5) is 60.7. The molecule has 9 rings (SSSR count). The molecule has 2 N–H and O–H groups in total. The van der Waals surface area contributed by atoms with Crippen molar-refractivity contribution in [3.8, 4) is 0 Å². The molecule has 3 amide bonds. The number of nitrogens with one attached hydrogen (secondary N) is 2. The van der Waals surface area contributed by atoms with E-state index in [0.29, 0.717) is 30.0 Å². The van der Waals surface area contributed by atoms with Crippen LogP contribution in [0.2, 0.25) is 0 Å². The van der Waals surface area contributed by atoms with Gasteiger partial charge in [0, 0.05) is 50.6 Å². The molecule has 4 fully saturated rings. The number of hydrogen-bond donors (Lipinski definition) is 2. The monoisotopic (exact) mass is 771 g/mol. The van der Waals surface area contributed by atoms with Crippen LogP contribution in [-0.2, 0) is 27.5 Å². The highest BCUT2D eigenvalue weighted by Crippen LogP contribution is 2.45. The first-order chi connectivity index (χ1) is 26.8. The molecular formula is C39H40F3N9O5. The molecule has 1 aliphatic carbocycles. The van der Waals surface area contributed by atoms with Crippen LogP contribution in [0.3, 0.4) is 0 Å². The van der Waals surface area contributed by atoms with Gasteiger partial charge in [-0.05, 0) is 74.3 Å². The van der Waals surface area contributed by atoms with Gasteiger partial charge in [0.1, 0.15) is 28.8 Å². The quantitative estimate of drug-likeness (QED) is 0.224. The van der Waals surface area contributed by atoms with E-state index < -0.39 is 29.7 Å². The van der Waals surface area contributed by atoms with Gasteiger partial charge in [0.15, 0.2) is 0 Å². The molecule has 0 bridgehead atoms. The molecule has 2 atom stereocenters. The highest BCUT2D eigenvalue weighted by atomic mass is 19.4. The number of benzene rings is 1. The van der Waals surface area contributed by atoms with Gasteiger partial charge in [-0.3, -0.25) is 38.4 Å². The molecule has 17 heteroatoms. The van der Waals surface area contributed by atoms with Gasteiger partial charge < -0.3 is 10.1 Å². The maximum Gasteiger partial charge on any atom is 0.433 e. The Labute approximate surface area is 318 Å². The molecule has 4 aromatic heterocycles. The number of hydrogen-bond acceptors (Lipinski definition) is 9. The lowest BCUT2D eigenvalue weighted by atomic mass is 9.81. The predicted octanol–water partition coefficient (Wildman–Crippen LogP) is 4.72. The normalized spacial score (nSPS) is 24.1. The van der Waals surface area contributed by atoms with Crippen molar-refractivity contribution in [1.29, 1.82) is 0 Å². The summed E-state index contributed by atoms with van der Waals surface area (Å²) in [7, 11) is 1.74. The van der Waals surface area contributed by atoms with Crippen molar-refractivity contribution in [2.45, 2.75) is 74.7 Å². The first-order valence-electron chi connectivity index (χ1n) is 18.9. The minimum absolute atomic E-state index is 0.110. The standard InChI is InChI=1S/C39H40F3N9O5/c1-48-34-26(4-2-6-29(34)51(37(48)55)30-12-13-33(52)46-36(30)54)24-15-38(56-19-24)20-49(21-38)17-22-8-10-25(11-9-22)50-18-23-14-32(43-16-28(23)47-50)45-35(53)27-5-3-7-31(44-27)39(40,41)42/h2-7,14,16,18,22,24-25,30H,8-13,15,17,19-21H2,1H3,(H,45,53)(H,46,52,54)/t22-,24?,25-,30?. The molecule has 2 unspecified atom stereocenters. The van der Waals surface area contributed by atoms with Crippen molar-refractivity contribution in [1.82, 2.24) is 39.1 Å². The molecule has 5 aromatic rings. The predicted molar refractivity (Wildman–Crippen MR) is 197 cm³/mol. The van der Waals surface area contributed by atoms with Gasteiger partial charge in [-0.1, -0.05) is 18.2 Å². The number of aryl methyl sites for hydroxylation is 1. The first-order valence-corrected chi connectivity index (χ1v) is 18.9. The van der Waals surface area contributed by atoms with Crippen LogP contribution in [0.1, 0.15) is 84.7 Å². The number of likely N-dealkylation sites (tertiary alicyclic amines) is 1. The number of carbonyl (C=O) groups excluding carboxylic acids is 3. The van der Waals surface area contributed by atoms with E-state index in [4.69, 9.17) is 9.84 Å². The second-order valence-electron chi connectivity index (χ2n) is 15.7. The third kappa shape index (κ3) is 6.55. The van der Waals surface area contributed by atoms with E-state index in [9.17, 15) is 32.3 Å². The second kappa shape index (κ2) is 13.7. The maximum atomic E-state index is 13.4. The van der Waals surface area contributed by atoms with Gasteiger partial charge >= 0.3 is 11.9 Å². The fourth-order valence-corrected chi connectivity index (χ4v) is 9.25. The third-order valence-electron chi connectivity index (χ3n) is 12.0. The number of imide groups is 1. The molecule has 292 valence electrons. The Morgan fingerprint density at radius 2 is 1.84 bits per heavy atom. The first kappa shape index (κ1) is 36.2. The van der Waals surface area contributed by atoms with Gasteiger partial charge in [0.2, 0.25) is 11.8 Å². The lowest BCUT2D eigenvalue weighted by Gasteiger charge is -2.49. The summed E-state index contributed by atoms with van der Waals surface area (Å²) in [5, 5.41) is 10.4. The van der Waals surface area contributed by atoms with Crippen LogP contribution in [0.25, 0.3) is 21.9 Å². The van der Waals surface area contributed by atoms with Crippen LogP contribution < -0.4 is 16.3 Å².